The van der Waals surface area contributed by atoms with Gasteiger partial charge >= 0.3 is 6.18 Å². The van der Waals surface area contributed by atoms with Crippen LogP contribution in [0.2, 0.25) is 0 Å². The largest absolute Gasteiger partial charge is 0.418 e. The van der Waals surface area contributed by atoms with E-state index in [1.165, 1.54) is 36.7 Å². The molecule has 3 aromatic rings. The lowest BCUT2D eigenvalue weighted by molar-refractivity contribution is -0.136. The molecule has 2 N–H and O–H groups in total. The maximum Gasteiger partial charge on any atom is 0.418 e. The van der Waals surface area contributed by atoms with Gasteiger partial charge in [0.25, 0.3) is 5.91 Å². The number of carbonyl (C=O) groups excluding carboxylic acids is 1. The van der Waals surface area contributed by atoms with E-state index in [1.807, 2.05) is 26.0 Å². The first kappa shape index (κ1) is 19.4. The lowest BCUT2D eigenvalue weighted by Crippen LogP contribution is -2.14. The summed E-state index contributed by atoms with van der Waals surface area (Å²) in [7, 11) is 0. The van der Waals surface area contributed by atoms with Gasteiger partial charge in [-0.25, -0.2) is 0 Å². The van der Waals surface area contributed by atoms with Gasteiger partial charge in [-0.1, -0.05) is 24.3 Å². The van der Waals surface area contributed by atoms with Gasteiger partial charge in [-0.15, -0.1) is 0 Å². The van der Waals surface area contributed by atoms with Gasteiger partial charge in [0.05, 0.1) is 28.7 Å². The number of rotatable bonds is 4. The van der Waals surface area contributed by atoms with E-state index >= 15 is 0 Å². The third-order valence-electron chi connectivity index (χ3n) is 4.36. The SMILES string of the molecule is Cc1cccc(NC(=O)c2cncc(Nc3ccccc3C(F)(F)F)c2)c1C. The number of hydrogen-bond acceptors (Lipinski definition) is 3. The average Bonchev–Trinajstić information content (AvgIpc) is 2.65. The molecule has 1 heterocycles. The molecule has 28 heavy (non-hydrogen) atoms. The Kier molecular flexibility index (Phi) is 5.35. The molecule has 0 saturated heterocycles. The molecule has 0 aliphatic rings. The topological polar surface area (TPSA) is 54.0 Å². The third kappa shape index (κ3) is 4.31. The molecule has 1 amide bonds. The molecule has 0 spiro atoms. The number of hydrogen-bond donors (Lipinski definition) is 2. The molecule has 144 valence electrons. The fourth-order valence-corrected chi connectivity index (χ4v) is 2.71. The van der Waals surface area contributed by atoms with E-state index in [9.17, 15) is 18.0 Å². The molecule has 0 atom stereocenters. The third-order valence-corrected chi connectivity index (χ3v) is 4.36. The van der Waals surface area contributed by atoms with Crippen LogP contribution in [0.4, 0.5) is 30.2 Å². The molecule has 4 nitrogen and oxygen atoms in total. The highest BCUT2D eigenvalue weighted by molar-refractivity contribution is 6.05. The molecule has 0 radical (unpaired) electrons. The zero-order valence-corrected chi connectivity index (χ0v) is 15.3. The van der Waals surface area contributed by atoms with Gasteiger partial charge in [0.15, 0.2) is 0 Å². The minimum Gasteiger partial charge on any atom is -0.354 e. The van der Waals surface area contributed by atoms with Crippen LogP contribution >= 0.6 is 0 Å². The van der Waals surface area contributed by atoms with Gasteiger partial charge in [0, 0.05) is 11.9 Å². The summed E-state index contributed by atoms with van der Waals surface area (Å²) in [6, 6.07) is 12.2. The van der Waals surface area contributed by atoms with Gasteiger partial charge < -0.3 is 10.6 Å². The number of benzene rings is 2. The zero-order valence-electron chi connectivity index (χ0n) is 15.3. The first-order chi connectivity index (χ1) is 13.3. The van der Waals surface area contributed by atoms with E-state index in [-0.39, 0.29) is 16.9 Å². The average molecular weight is 385 g/mol. The summed E-state index contributed by atoms with van der Waals surface area (Å²) in [6.07, 6.45) is -1.77. The van der Waals surface area contributed by atoms with Crippen molar-refractivity contribution in [2.75, 3.05) is 10.6 Å². The Balaban J connectivity index is 1.83. The van der Waals surface area contributed by atoms with E-state index in [4.69, 9.17) is 0 Å². The van der Waals surface area contributed by atoms with E-state index in [0.717, 1.165) is 17.2 Å². The molecule has 0 aliphatic carbocycles. The quantitative estimate of drug-likeness (QED) is 0.605. The van der Waals surface area contributed by atoms with Gasteiger partial charge in [0.1, 0.15) is 0 Å². The van der Waals surface area contributed by atoms with Crippen LogP contribution in [0.1, 0.15) is 27.0 Å². The molecular formula is C21H18F3N3O. The Hall–Kier alpha value is -3.35. The number of carbonyl (C=O) groups is 1. The summed E-state index contributed by atoms with van der Waals surface area (Å²) < 4.78 is 39.5. The van der Waals surface area contributed by atoms with Crippen LogP contribution in [0.3, 0.4) is 0 Å². The Labute approximate surface area is 160 Å². The van der Waals surface area contributed by atoms with Crippen LogP contribution in [-0.2, 0) is 6.18 Å². The molecule has 0 unspecified atom stereocenters. The molecule has 2 aromatic carbocycles. The number of pyridine rings is 1. The fraction of sp³-hybridized carbons (Fsp3) is 0.143. The van der Waals surface area contributed by atoms with Crippen LogP contribution < -0.4 is 10.6 Å². The lowest BCUT2D eigenvalue weighted by Gasteiger charge is -2.15. The van der Waals surface area contributed by atoms with Crippen LogP contribution in [0.15, 0.2) is 60.9 Å². The van der Waals surface area contributed by atoms with Gasteiger partial charge in [0.2, 0.25) is 0 Å². The van der Waals surface area contributed by atoms with Crippen molar-refractivity contribution in [2.24, 2.45) is 0 Å². The van der Waals surface area contributed by atoms with E-state index in [0.29, 0.717) is 5.69 Å². The predicted octanol–water partition coefficient (Wildman–Crippen LogP) is 5.71. The normalized spacial score (nSPS) is 11.2. The monoisotopic (exact) mass is 385 g/mol. The summed E-state index contributed by atoms with van der Waals surface area (Å²) >= 11 is 0. The second-order valence-corrected chi connectivity index (χ2v) is 6.33. The smallest absolute Gasteiger partial charge is 0.354 e. The van der Waals surface area contributed by atoms with Crippen molar-refractivity contribution in [3.05, 3.63) is 83.2 Å². The summed E-state index contributed by atoms with van der Waals surface area (Å²) in [5.41, 5.74) is 2.27. The van der Waals surface area contributed by atoms with Crippen molar-refractivity contribution in [3.63, 3.8) is 0 Å². The number of alkyl halides is 3. The number of para-hydroxylation sites is 1. The van der Waals surface area contributed by atoms with E-state index in [2.05, 4.69) is 15.6 Å². The highest BCUT2D eigenvalue weighted by atomic mass is 19.4. The summed E-state index contributed by atoms with van der Waals surface area (Å²) in [4.78, 5) is 16.5. The van der Waals surface area contributed by atoms with E-state index < -0.39 is 17.6 Å². The van der Waals surface area contributed by atoms with Crippen LogP contribution in [0.5, 0.6) is 0 Å². The highest BCUT2D eigenvalue weighted by Gasteiger charge is 2.33. The molecule has 7 heteroatoms. The lowest BCUT2D eigenvalue weighted by atomic mass is 10.1. The molecule has 0 aliphatic heterocycles. The number of nitrogens with zero attached hydrogens (tertiary/aromatic N) is 1. The number of nitrogens with one attached hydrogen (secondary N) is 2. The van der Waals surface area contributed by atoms with Crippen molar-refractivity contribution >= 4 is 23.0 Å². The Morgan fingerprint density at radius 3 is 2.43 bits per heavy atom. The minimum absolute atomic E-state index is 0.108. The molecular weight excluding hydrogens is 367 g/mol. The number of anilines is 3. The Morgan fingerprint density at radius 2 is 1.68 bits per heavy atom. The molecule has 0 fully saturated rings. The maximum atomic E-state index is 13.2. The van der Waals surface area contributed by atoms with Gasteiger partial charge in [-0.3, -0.25) is 9.78 Å². The van der Waals surface area contributed by atoms with Gasteiger partial charge in [-0.05, 0) is 49.2 Å². The van der Waals surface area contributed by atoms with Crippen molar-refractivity contribution < 1.29 is 18.0 Å². The second kappa shape index (κ2) is 7.72. The number of halogens is 3. The summed E-state index contributed by atoms with van der Waals surface area (Å²) in [5, 5.41) is 5.50. The molecule has 0 bridgehead atoms. The van der Waals surface area contributed by atoms with Gasteiger partial charge in [-0.2, -0.15) is 13.2 Å². The van der Waals surface area contributed by atoms with Crippen molar-refractivity contribution in [1.29, 1.82) is 0 Å². The number of aromatic nitrogens is 1. The van der Waals surface area contributed by atoms with Crippen LogP contribution in [0, 0.1) is 13.8 Å². The van der Waals surface area contributed by atoms with Crippen molar-refractivity contribution in [3.8, 4) is 0 Å². The predicted molar refractivity (Wildman–Crippen MR) is 103 cm³/mol. The Morgan fingerprint density at radius 1 is 0.964 bits per heavy atom. The number of aryl methyl sites for hydroxylation is 1. The first-order valence-electron chi connectivity index (χ1n) is 8.51. The Bertz CT molecular complexity index is 1020. The van der Waals surface area contributed by atoms with Crippen molar-refractivity contribution in [2.45, 2.75) is 20.0 Å². The van der Waals surface area contributed by atoms with E-state index in [1.54, 1.807) is 6.07 Å². The molecule has 3 rings (SSSR count). The fourth-order valence-electron chi connectivity index (χ4n) is 2.71. The standard InChI is InChI=1S/C21H18F3N3O/c1-13-6-5-9-18(14(13)2)27-20(28)15-10-16(12-25-11-15)26-19-8-4-3-7-17(19)21(22,23)24/h3-12,26H,1-2H3,(H,27,28). The molecule has 1 aromatic heterocycles. The zero-order chi connectivity index (χ0) is 20.3. The maximum absolute atomic E-state index is 13.2. The van der Waals surface area contributed by atoms with Crippen molar-refractivity contribution in [1.82, 2.24) is 4.98 Å². The highest BCUT2D eigenvalue weighted by Crippen LogP contribution is 2.35. The molecule has 0 saturated carbocycles. The summed E-state index contributed by atoms with van der Waals surface area (Å²) in [6.45, 7) is 3.84. The second-order valence-electron chi connectivity index (χ2n) is 6.33. The summed E-state index contributed by atoms with van der Waals surface area (Å²) in [5.74, 6) is -0.394. The minimum atomic E-state index is -4.49. The van der Waals surface area contributed by atoms with Crippen LogP contribution in [0.25, 0.3) is 0 Å². The number of amides is 1. The first-order valence-corrected chi connectivity index (χ1v) is 8.51. The van der Waals surface area contributed by atoms with Crippen LogP contribution in [-0.4, -0.2) is 10.9 Å².